The molecule has 1 fully saturated rings. The Morgan fingerprint density at radius 1 is 1.00 bits per heavy atom. The number of piperidine rings is 1. The van der Waals surface area contributed by atoms with Gasteiger partial charge in [0.15, 0.2) is 15.6 Å². The van der Waals surface area contributed by atoms with Crippen LogP contribution >= 0.6 is 0 Å². The van der Waals surface area contributed by atoms with E-state index in [2.05, 4.69) is 15.0 Å². The summed E-state index contributed by atoms with van der Waals surface area (Å²) in [5.41, 5.74) is 3.01. The number of benzene rings is 2. The van der Waals surface area contributed by atoms with Crippen LogP contribution in [0.2, 0.25) is 0 Å². The molecule has 11 heteroatoms. The van der Waals surface area contributed by atoms with Gasteiger partial charge in [-0.2, -0.15) is 0 Å². The molecule has 0 atom stereocenters. The Labute approximate surface area is 247 Å². The summed E-state index contributed by atoms with van der Waals surface area (Å²) in [7, 11) is -4.27. The van der Waals surface area contributed by atoms with Gasteiger partial charge in [0, 0.05) is 49.7 Å². The number of aryl methyl sites for hydroxylation is 1. The first-order valence-corrected chi connectivity index (χ1v) is 15.8. The van der Waals surface area contributed by atoms with E-state index in [1.165, 1.54) is 17.2 Å². The van der Waals surface area contributed by atoms with Gasteiger partial charge in [0.1, 0.15) is 29.0 Å². The number of pyridine rings is 1. The predicted molar refractivity (Wildman–Crippen MR) is 159 cm³/mol. The minimum Gasteiger partial charge on any atom is -0.361 e. The normalized spacial score (nSPS) is 14.0. The van der Waals surface area contributed by atoms with E-state index < -0.39 is 33.0 Å². The Morgan fingerprint density at radius 3 is 2.53 bits per heavy atom. The molecule has 0 amide bonds. The molecule has 1 aliphatic rings. The summed E-state index contributed by atoms with van der Waals surface area (Å²) in [6.45, 7) is 3.81. The first-order valence-electron chi connectivity index (χ1n) is 14.1. The van der Waals surface area contributed by atoms with Crippen molar-refractivity contribution in [1.29, 1.82) is 0 Å². The summed E-state index contributed by atoms with van der Waals surface area (Å²) < 4.78 is 62.7. The number of carbonyl (C=O) groups is 1. The van der Waals surface area contributed by atoms with Gasteiger partial charge in [0.2, 0.25) is 0 Å². The van der Waals surface area contributed by atoms with Crippen LogP contribution in [0.5, 0.6) is 0 Å². The number of rotatable bonds is 9. The number of aromatic nitrogens is 3. The maximum absolute atomic E-state index is 15.1. The van der Waals surface area contributed by atoms with Gasteiger partial charge >= 0.3 is 0 Å². The Hall–Kier alpha value is -4.38. The quantitative estimate of drug-likeness (QED) is 0.207. The molecule has 8 nitrogen and oxygen atoms in total. The average Bonchev–Trinajstić information content (AvgIpc) is 3.56. The molecule has 0 radical (unpaired) electrons. The lowest BCUT2D eigenvalue weighted by atomic mass is 10.0. The van der Waals surface area contributed by atoms with E-state index in [0.29, 0.717) is 17.5 Å². The molecule has 0 N–H and O–H groups in total. The number of Topliss-reactive ketones (excluding diaryl/α,β-unsaturated/α-hetero) is 1. The Balaban J connectivity index is 1.28. The molecule has 2 aromatic carbocycles. The highest BCUT2D eigenvalue weighted by molar-refractivity contribution is 7.92. The minimum absolute atomic E-state index is 0.0774. The molecule has 1 saturated heterocycles. The zero-order valence-corrected chi connectivity index (χ0v) is 24.4. The number of nitrogens with zero attached hydrogens (tertiary/aromatic N) is 4. The lowest BCUT2D eigenvalue weighted by Gasteiger charge is -2.27. The van der Waals surface area contributed by atoms with Crippen LogP contribution in [0, 0.1) is 18.6 Å². The lowest BCUT2D eigenvalue weighted by Crippen LogP contribution is -2.29. The molecule has 222 valence electrons. The maximum Gasteiger partial charge on any atom is 0.187 e. The summed E-state index contributed by atoms with van der Waals surface area (Å²) in [5, 5.41) is 3.49. The van der Waals surface area contributed by atoms with Crippen molar-refractivity contribution in [2.45, 2.75) is 44.0 Å². The molecule has 0 unspecified atom stereocenters. The van der Waals surface area contributed by atoms with Gasteiger partial charge in [-0.05, 0) is 61.6 Å². The smallest absolute Gasteiger partial charge is 0.187 e. The lowest BCUT2D eigenvalue weighted by molar-refractivity contribution is -0.116. The number of anilines is 1. The summed E-state index contributed by atoms with van der Waals surface area (Å²) >= 11 is 0. The maximum atomic E-state index is 15.1. The highest BCUT2D eigenvalue weighted by Crippen LogP contribution is 2.31. The highest BCUT2D eigenvalue weighted by atomic mass is 32.2. The largest absolute Gasteiger partial charge is 0.361 e. The van der Waals surface area contributed by atoms with E-state index in [-0.39, 0.29) is 28.8 Å². The Bertz CT molecular complexity index is 1910. The number of carbonyl (C=O) groups excluding carboxylic acids is 1. The van der Waals surface area contributed by atoms with E-state index in [9.17, 15) is 17.6 Å². The highest BCUT2D eigenvalue weighted by Gasteiger charge is 2.27. The van der Waals surface area contributed by atoms with Crippen LogP contribution in [0.15, 0.2) is 76.4 Å². The van der Waals surface area contributed by atoms with Gasteiger partial charge < -0.3 is 14.0 Å². The molecule has 0 aliphatic carbocycles. The van der Waals surface area contributed by atoms with Crippen LogP contribution in [0.25, 0.3) is 22.0 Å². The van der Waals surface area contributed by atoms with Crippen molar-refractivity contribution in [3.63, 3.8) is 0 Å². The van der Waals surface area contributed by atoms with Crippen LogP contribution in [0.3, 0.4) is 0 Å². The molecule has 1 aliphatic heterocycles. The Kier molecular flexibility index (Phi) is 7.83. The van der Waals surface area contributed by atoms with E-state index in [1.54, 1.807) is 13.0 Å². The van der Waals surface area contributed by atoms with Gasteiger partial charge in [0.05, 0.1) is 27.9 Å². The fraction of sp³-hybridized carbons (Fsp3) is 0.281. The topological polar surface area (TPSA) is 98.3 Å². The summed E-state index contributed by atoms with van der Waals surface area (Å²) in [6.07, 6.45) is 6.43. The van der Waals surface area contributed by atoms with E-state index in [4.69, 9.17) is 4.52 Å². The number of fused-ring (bicyclic) bond motifs is 1. The van der Waals surface area contributed by atoms with Crippen LogP contribution < -0.4 is 4.90 Å². The van der Waals surface area contributed by atoms with Gasteiger partial charge in [-0.15, -0.1) is 0 Å². The van der Waals surface area contributed by atoms with Gasteiger partial charge in [-0.25, -0.2) is 22.2 Å². The zero-order chi connectivity index (χ0) is 30.1. The first-order chi connectivity index (χ1) is 20.7. The number of ketones is 1. The second-order valence-electron chi connectivity index (χ2n) is 11.0. The number of hydrogen-bond acceptors (Lipinski definition) is 7. The fourth-order valence-electron chi connectivity index (χ4n) is 5.63. The molecule has 0 saturated carbocycles. The van der Waals surface area contributed by atoms with E-state index >= 15 is 4.39 Å². The monoisotopic (exact) mass is 604 g/mol. The van der Waals surface area contributed by atoms with Crippen molar-refractivity contribution in [3.8, 4) is 11.1 Å². The summed E-state index contributed by atoms with van der Waals surface area (Å²) in [6, 6.07) is 15.0. The zero-order valence-electron chi connectivity index (χ0n) is 23.6. The van der Waals surface area contributed by atoms with E-state index in [1.807, 2.05) is 42.6 Å². The second kappa shape index (κ2) is 11.7. The van der Waals surface area contributed by atoms with Crippen LogP contribution in [-0.2, 0) is 27.6 Å². The third kappa shape index (κ3) is 6.22. The molecule has 0 bridgehead atoms. The van der Waals surface area contributed by atoms with Crippen molar-refractivity contribution in [1.82, 2.24) is 14.7 Å². The number of hydrogen-bond donors (Lipinski definition) is 0. The van der Waals surface area contributed by atoms with Crippen molar-refractivity contribution < 1.29 is 26.5 Å². The molecular weight excluding hydrogens is 574 g/mol. The van der Waals surface area contributed by atoms with Crippen molar-refractivity contribution in [3.05, 3.63) is 95.6 Å². The SMILES string of the molecule is Cc1cc(CC(=O)CS(=O)(=O)c2cn(Cc3cccc(-c4ccc(N5CCCCC5)nc4)c3)c3cc(F)cc(F)c23)no1. The van der Waals surface area contributed by atoms with Crippen molar-refractivity contribution in [2.24, 2.45) is 0 Å². The second-order valence-corrected chi connectivity index (χ2v) is 12.9. The third-order valence-corrected chi connectivity index (χ3v) is 9.33. The van der Waals surface area contributed by atoms with Crippen molar-refractivity contribution in [2.75, 3.05) is 23.7 Å². The fourth-order valence-corrected chi connectivity index (χ4v) is 7.11. The predicted octanol–water partition coefficient (Wildman–Crippen LogP) is 5.90. The van der Waals surface area contributed by atoms with Crippen LogP contribution in [0.4, 0.5) is 14.6 Å². The van der Waals surface area contributed by atoms with Gasteiger partial charge in [0.25, 0.3) is 0 Å². The summed E-state index contributed by atoms with van der Waals surface area (Å²) in [5.74, 6) is -1.88. The molecule has 5 aromatic rings. The molecular formula is C32H30F2N4O4S. The third-order valence-electron chi connectivity index (χ3n) is 7.65. The molecule has 6 rings (SSSR count). The van der Waals surface area contributed by atoms with E-state index in [0.717, 1.165) is 54.5 Å². The van der Waals surface area contributed by atoms with Crippen molar-refractivity contribution >= 4 is 32.3 Å². The first kappa shape index (κ1) is 28.7. The van der Waals surface area contributed by atoms with Gasteiger partial charge in [-0.3, -0.25) is 4.79 Å². The molecule has 4 heterocycles. The summed E-state index contributed by atoms with van der Waals surface area (Å²) in [4.78, 5) is 19.2. The molecule has 43 heavy (non-hydrogen) atoms. The standard InChI is InChI=1S/C32H30F2N4O4S/c1-21-12-26(36-42-21)16-27(39)20-43(40,41)30-19-38(29-15-25(33)14-28(34)32(29)30)18-22-6-5-7-23(13-22)24-8-9-31(35-17-24)37-10-3-2-4-11-37/h5-9,12-15,17,19H,2-4,10-11,16,18,20H2,1H3. The molecule has 0 spiro atoms. The van der Waals surface area contributed by atoms with Crippen LogP contribution in [-0.4, -0.2) is 47.8 Å². The Morgan fingerprint density at radius 2 is 1.81 bits per heavy atom. The number of sulfone groups is 1. The minimum atomic E-state index is -4.27. The van der Waals surface area contributed by atoms with Gasteiger partial charge in [-0.1, -0.05) is 23.4 Å². The molecule has 3 aromatic heterocycles. The number of halogens is 2. The van der Waals surface area contributed by atoms with Crippen LogP contribution in [0.1, 0.15) is 36.3 Å². The average molecular weight is 605 g/mol.